The van der Waals surface area contributed by atoms with E-state index in [9.17, 15) is 22.1 Å². The number of benzene rings is 3. The van der Waals surface area contributed by atoms with Gasteiger partial charge in [-0.05, 0) is 56.3 Å². The molecule has 3 rings (SSSR count). The molecule has 0 aliphatic carbocycles. The van der Waals surface area contributed by atoms with Crippen molar-refractivity contribution in [2.45, 2.75) is 33.4 Å². The van der Waals surface area contributed by atoms with E-state index in [2.05, 4.69) is 0 Å². The lowest BCUT2D eigenvalue weighted by Crippen LogP contribution is -2.08. The normalized spacial score (nSPS) is 11.8. The van der Waals surface area contributed by atoms with Crippen LogP contribution in [0.4, 0.5) is 0 Å². The van der Waals surface area contributed by atoms with Crippen LogP contribution in [-0.2, 0) is 19.7 Å². The first kappa shape index (κ1) is 19.8. The van der Waals surface area contributed by atoms with Gasteiger partial charge >= 0.3 is 0 Å². The molecule has 0 saturated carbocycles. The molecule has 5 nitrogen and oxygen atoms in total. The minimum Gasteiger partial charge on any atom is -0.219 e. The summed E-state index contributed by atoms with van der Waals surface area (Å²) in [5, 5.41) is 9.35. The third-order valence-corrected chi connectivity index (χ3v) is 7.91. The van der Waals surface area contributed by atoms with Gasteiger partial charge in [0, 0.05) is 0 Å². The zero-order valence-corrected chi connectivity index (χ0v) is 16.9. The fourth-order valence-electron chi connectivity index (χ4n) is 2.68. The first-order chi connectivity index (χ1) is 13.2. The monoisotopic (exact) mass is 411 g/mol. The Morgan fingerprint density at radius 3 is 1.54 bits per heavy atom. The van der Waals surface area contributed by atoms with Crippen molar-refractivity contribution in [3.8, 4) is 6.07 Å². The smallest absolute Gasteiger partial charge is 0.207 e. The fraction of sp³-hybridized carbons (Fsp3) is 0.0952. The van der Waals surface area contributed by atoms with Gasteiger partial charge in [0.25, 0.3) is 0 Å². The van der Waals surface area contributed by atoms with E-state index in [-0.39, 0.29) is 25.1 Å². The average Bonchev–Trinajstić information content (AvgIpc) is 2.68. The van der Waals surface area contributed by atoms with Crippen LogP contribution in [0.15, 0.2) is 86.3 Å². The molecule has 0 aliphatic rings. The first-order valence-corrected chi connectivity index (χ1v) is 11.3. The van der Waals surface area contributed by atoms with Gasteiger partial charge in [-0.25, -0.2) is 16.8 Å². The van der Waals surface area contributed by atoms with Gasteiger partial charge < -0.3 is 0 Å². The largest absolute Gasteiger partial charge is 0.219 e. The van der Waals surface area contributed by atoms with Crippen molar-refractivity contribution >= 4 is 19.7 Å². The topological polar surface area (TPSA) is 92.1 Å². The van der Waals surface area contributed by atoms with E-state index in [1.807, 2.05) is 19.9 Å². The van der Waals surface area contributed by atoms with Crippen molar-refractivity contribution in [3.05, 3.63) is 83.4 Å². The van der Waals surface area contributed by atoms with Crippen molar-refractivity contribution in [2.24, 2.45) is 0 Å². The summed E-state index contributed by atoms with van der Waals surface area (Å²) in [5.41, 5.74) is 1.68. The molecule has 0 radical (unpaired) electrons. The van der Waals surface area contributed by atoms with Crippen LogP contribution in [0.3, 0.4) is 0 Å². The van der Waals surface area contributed by atoms with Crippen LogP contribution in [0.1, 0.15) is 16.7 Å². The summed E-state index contributed by atoms with van der Waals surface area (Å²) >= 11 is 0. The Hall–Kier alpha value is -2.95. The maximum Gasteiger partial charge on any atom is 0.207 e. The lowest BCUT2D eigenvalue weighted by molar-refractivity contribution is 0.594. The molecule has 0 bridgehead atoms. The molecule has 0 atom stereocenters. The maximum absolute atomic E-state index is 13.0. The fourth-order valence-corrected chi connectivity index (χ4v) is 5.48. The molecule has 0 saturated heterocycles. The Morgan fingerprint density at radius 1 is 0.643 bits per heavy atom. The van der Waals surface area contributed by atoms with Gasteiger partial charge in [-0.15, -0.1) is 0 Å². The predicted octanol–water partition coefficient (Wildman–Crippen LogP) is 3.84. The minimum atomic E-state index is -4.06. The second-order valence-corrected chi connectivity index (χ2v) is 10.3. The van der Waals surface area contributed by atoms with Crippen molar-refractivity contribution in [3.63, 3.8) is 0 Å². The van der Waals surface area contributed by atoms with Gasteiger partial charge in [-0.3, -0.25) is 0 Å². The molecule has 0 aromatic heterocycles. The number of nitrogens with zero attached hydrogens (tertiary/aromatic N) is 1. The van der Waals surface area contributed by atoms with Gasteiger partial charge in [0.2, 0.25) is 19.7 Å². The van der Waals surface area contributed by atoms with Crippen molar-refractivity contribution in [2.75, 3.05) is 0 Å². The summed E-state index contributed by atoms with van der Waals surface area (Å²) in [5.74, 6) is 0. The van der Waals surface area contributed by atoms with Crippen molar-refractivity contribution in [1.82, 2.24) is 0 Å². The molecule has 142 valence electrons. The summed E-state index contributed by atoms with van der Waals surface area (Å²) in [4.78, 5) is -0.450. The molecule has 28 heavy (non-hydrogen) atoms. The maximum atomic E-state index is 13.0. The Kier molecular flexibility index (Phi) is 5.11. The van der Waals surface area contributed by atoms with Gasteiger partial charge in [-0.2, -0.15) is 5.26 Å². The van der Waals surface area contributed by atoms with Gasteiger partial charge in [0.05, 0.1) is 25.1 Å². The van der Waals surface area contributed by atoms with Gasteiger partial charge in [-0.1, -0.05) is 35.4 Å². The van der Waals surface area contributed by atoms with E-state index < -0.39 is 19.7 Å². The minimum absolute atomic E-state index is 0.000478. The highest BCUT2D eigenvalue weighted by Crippen LogP contribution is 2.29. The number of hydrogen-bond acceptors (Lipinski definition) is 5. The SMILES string of the molecule is Cc1ccc(S(=O)(=O)c2ccc(C#N)c(S(=O)(=O)c3ccc(C)cc3)c2)cc1. The average molecular weight is 412 g/mol. The van der Waals surface area contributed by atoms with Gasteiger partial charge in [0.1, 0.15) is 6.07 Å². The van der Waals surface area contributed by atoms with Crippen LogP contribution in [0.5, 0.6) is 0 Å². The van der Waals surface area contributed by atoms with Crippen LogP contribution in [0.2, 0.25) is 0 Å². The van der Waals surface area contributed by atoms with Crippen LogP contribution in [0.25, 0.3) is 0 Å². The molecule has 0 spiro atoms. The van der Waals surface area contributed by atoms with Crippen LogP contribution in [-0.4, -0.2) is 16.8 Å². The number of hydrogen-bond donors (Lipinski definition) is 0. The van der Waals surface area contributed by atoms with E-state index in [0.717, 1.165) is 17.2 Å². The third kappa shape index (κ3) is 3.57. The predicted molar refractivity (Wildman–Crippen MR) is 104 cm³/mol. The highest BCUT2D eigenvalue weighted by Gasteiger charge is 2.26. The molecule has 0 N–H and O–H groups in total. The molecule has 0 fully saturated rings. The van der Waals surface area contributed by atoms with Gasteiger partial charge in [0.15, 0.2) is 0 Å². The molecular formula is C21H17NO4S2. The van der Waals surface area contributed by atoms with Crippen LogP contribution >= 0.6 is 0 Å². The molecule has 7 heteroatoms. The summed E-state index contributed by atoms with van der Waals surface area (Å²) < 4.78 is 51.9. The lowest BCUT2D eigenvalue weighted by Gasteiger charge is -2.10. The molecule has 0 aliphatic heterocycles. The van der Waals surface area contributed by atoms with Crippen molar-refractivity contribution < 1.29 is 16.8 Å². The molecule has 0 heterocycles. The number of sulfone groups is 2. The summed E-state index contributed by atoms with van der Waals surface area (Å²) in [7, 11) is -7.98. The molecule has 3 aromatic carbocycles. The van der Waals surface area contributed by atoms with Crippen LogP contribution in [0, 0.1) is 25.2 Å². The molecule has 0 amide bonds. The standard InChI is InChI=1S/C21H17NO4S2/c1-15-3-8-18(9-4-15)27(23,24)20-12-7-17(14-22)21(13-20)28(25,26)19-10-5-16(2)6-11-19/h3-13H,1-2H3. The second kappa shape index (κ2) is 7.23. The zero-order valence-electron chi connectivity index (χ0n) is 15.2. The molecular weight excluding hydrogens is 394 g/mol. The quantitative estimate of drug-likeness (QED) is 0.650. The highest BCUT2D eigenvalue weighted by molar-refractivity contribution is 7.92. The van der Waals surface area contributed by atoms with Crippen molar-refractivity contribution in [1.29, 1.82) is 5.26 Å². The van der Waals surface area contributed by atoms with E-state index >= 15 is 0 Å². The number of rotatable bonds is 4. The third-order valence-electron chi connectivity index (χ3n) is 4.34. The van der Waals surface area contributed by atoms with E-state index in [4.69, 9.17) is 0 Å². The Labute approximate surface area is 164 Å². The second-order valence-electron chi connectivity index (χ2n) is 6.40. The Balaban J connectivity index is 2.20. The summed E-state index contributed by atoms with van der Waals surface area (Å²) in [6.45, 7) is 3.66. The van der Waals surface area contributed by atoms with E-state index in [0.29, 0.717) is 0 Å². The highest BCUT2D eigenvalue weighted by atomic mass is 32.2. The Morgan fingerprint density at radius 2 is 1.07 bits per heavy atom. The summed E-state index contributed by atoms with van der Waals surface area (Å²) in [6.07, 6.45) is 0. The lowest BCUT2D eigenvalue weighted by atomic mass is 10.2. The number of aryl methyl sites for hydroxylation is 2. The molecule has 3 aromatic rings. The van der Waals surface area contributed by atoms with Crippen LogP contribution < -0.4 is 0 Å². The van der Waals surface area contributed by atoms with E-state index in [1.54, 1.807) is 24.3 Å². The molecule has 0 unspecified atom stereocenters. The zero-order chi connectivity index (χ0) is 20.5. The number of nitriles is 1. The summed E-state index contributed by atoms with van der Waals surface area (Å²) in [6, 6.07) is 17.8. The van der Waals surface area contributed by atoms with E-state index in [1.165, 1.54) is 36.4 Å². The first-order valence-electron chi connectivity index (χ1n) is 8.34. The Bertz CT molecular complexity index is 1280.